The topological polar surface area (TPSA) is 103 Å². The Kier molecular flexibility index (Phi) is 11.0. The van der Waals surface area contributed by atoms with E-state index in [1.54, 1.807) is 23.6 Å². The first-order valence-corrected chi connectivity index (χ1v) is 12.2. The van der Waals surface area contributed by atoms with Crippen LogP contribution in [0.15, 0.2) is 75.3 Å². The number of halogens is 2. The maximum Gasteiger partial charge on any atom is 0.250 e. The fourth-order valence-corrected chi connectivity index (χ4v) is 5.03. The van der Waals surface area contributed by atoms with Crippen LogP contribution < -0.4 is 21.6 Å². The molecule has 0 saturated heterocycles. The lowest BCUT2D eigenvalue weighted by molar-refractivity contribution is -0.117. The van der Waals surface area contributed by atoms with Gasteiger partial charge in [0.15, 0.2) is 0 Å². The summed E-state index contributed by atoms with van der Waals surface area (Å²) >= 11 is 16.4. The molecule has 5 N–H and O–H groups in total. The molecule has 2 rings (SSSR count). The van der Waals surface area contributed by atoms with Gasteiger partial charge >= 0.3 is 0 Å². The second kappa shape index (κ2) is 13.5. The second-order valence-electron chi connectivity index (χ2n) is 5.62. The molecule has 6 nitrogen and oxygen atoms in total. The lowest BCUT2D eigenvalue weighted by Gasteiger charge is -2.14. The number of amides is 1. The molecule has 164 valence electrons. The average Bonchev–Trinajstić information content (AvgIpc) is 2.76. The number of benzene rings is 2. The maximum atomic E-state index is 12.5. The standard InChI is InChI=1S/C20H20Cl2N4O2S3/c1-2-29-10-11-30-19(18(27)25-20(23)26-24)31-14-8-6-13(7-9-14)28-12-15-16(21)4-3-5-17(15)22/h2-11,19H,1,12,24H2,(H3,23,25,26,27)/b11-10+. The number of hydrogen-bond acceptors (Lipinski definition) is 7. The van der Waals surface area contributed by atoms with Crippen LogP contribution in [0.3, 0.4) is 0 Å². The Morgan fingerprint density at radius 2 is 1.87 bits per heavy atom. The van der Waals surface area contributed by atoms with Crippen LogP contribution in [0, 0.1) is 0 Å². The van der Waals surface area contributed by atoms with Gasteiger partial charge in [0.25, 0.3) is 5.91 Å². The van der Waals surface area contributed by atoms with Gasteiger partial charge in [-0.1, -0.05) is 35.8 Å². The van der Waals surface area contributed by atoms with Crippen LogP contribution in [0.2, 0.25) is 10.0 Å². The van der Waals surface area contributed by atoms with Gasteiger partial charge in [-0.25, -0.2) is 0 Å². The van der Waals surface area contributed by atoms with Crippen molar-refractivity contribution in [3.8, 4) is 5.75 Å². The first-order valence-electron chi connectivity index (χ1n) is 8.68. The molecule has 0 aliphatic rings. The fraction of sp³-hybridized carbons (Fsp3) is 0.100. The summed E-state index contributed by atoms with van der Waals surface area (Å²) in [5, 5.41) is 12.2. The lowest BCUT2D eigenvalue weighted by atomic mass is 10.2. The summed E-state index contributed by atoms with van der Waals surface area (Å²) in [6.45, 7) is 3.87. The molecule has 0 spiro atoms. The first-order chi connectivity index (χ1) is 14.9. The van der Waals surface area contributed by atoms with Crippen LogP contribution in [0.1, 0.15) is 5.56 Å². The predicted molar refractivity (Wildman–Crippen MR) is 135 cm³/mol. The number of nitrogens with one attached hydrogen (secondary N) is 1. The number of rotatable bonds is 10. The predicted octanol–water partition coefficient (Wildman–Crippen LogP) is 5.38. The van der Waals surface area contributed by atoms with Crippen molar-refractivity contribution in [2.75, 3.05) is 0 Å². The molecule has 0 aliphatic carbocycles. The van der Waals surface area contributed by atoms with Crippen molar-refractivity contribution in [2.45, 2.75) is 16.1 Å². The fourth-order valence-electron chi connectivity index (χ4n) is 2.12. The minimum atomic E-state index is -0.518. The van der Waals surface area contributed by atoms with E-state index in [-0.39, 0.29) is 18.5 Å². The molecule has 11 heteroatoms. The average molecular weight is 516 g/mol. The summed E-state index contributed by atoms with van der Waals surface area (Å²) in [5.74, 6) is 5.26. The van der Waals surface area contributed by atoms with Crippen molar-refractivity contribution in [1.29, 1.82) is 0 Å². The van der Waals surface area contributed by atoms with Crippen LogP contribution in [0.4, 0.5) is 0 Å². The van der Waals surface area contributed by atoms with Gasteiger partial charge in [0.1, 0.15) is 16.9 Å². The number of ether oxygens (including phenoxy) is 1. The van der Waals surface area contributed by atoms with E-state index in [1.165, 1.54) is 35.3 Å². The van der Waals surface area contributed by atoms with Gasteiger partial charge < -0.3 is 16.3 Å². The Bertz CT molecular complexity index is 936. The van der Waals surface area contributed by atoms with Crippen LogP contribution in [0.25, 0.3) is 0 Å². The normalized spacial score (nSPS) is 12.5. The van der Waals surface area contributed by atoms with E-state index in [4.69, 9.17) is 39.5 Å². The van der Waals surface area contributed by atoms with Crippen LogP contribution in [0.5, 0.6) is 5.75 Å². The number of hydrogen-bond donors (Lipinski definition) is 3. The summed E-state index contributed by atoms with van der Waals surface area (Å²) < 4.78 is 5.27. The molecule has 1 amide bonds. The minimum absolute atomic E-state index is 0.150. The number of guanidine groups is 1. The van der Waals surface area contributed by atoms with E-state index >= 15 is 0 Å². The highest BCUT2D eigenvalue weighted by molar-refractivity contribution is 8.19. The summed E-state index contributed by atoms with van der Waals surface area (Å²) in [6.07, 6.45) is 0. The van der Waals surface area contributed by atoms with Gasteiger partial charge in [-0.2, -0.15) is 0 Å². The molecule has 1 unspecified atom stereocenters. The van der Waals surface area contributed by atoms with Gasteiger partial charge in [0.05, 0.1) is 0 Å². The van der Waals surface area contributed by atoms with Crippen molar-refractivity contribution in [3.63, 3.8) is 0 Å². The largest absolute Gasteiger partial charge is 0.489 e. The van der Waals surface area contributed by atoms with E-state index in [0.29, 0.717) is 15.8 Å². The number of nitrogens with two attached hydrogens (primary N) is 2. The SMILES string of the molecule is C=CS/C=C/SC(Sc1ccc(OCc2c(Cl)cccc2Cl)cc1)C(=O)N/C(N)=N/N. The minimum Gasteiger partial charge on any atom is -0.489 e. The van der Waals surface area contributed by atoms with Crippen LogP contribution in [-0.4, -0.2) is 16.4 Å². The van der Waals surface area contributed by atoms with Crippen molar-refractivity contribution in [2.24, 2.45) is 16.7 Å². The molecule has 1 atom stereocenters. The molecule has 0 aliphatic heterocycles. The third kappa shape index (κ3) is 8.62. The molecule has 0 fully saturated rings. The molecular weight excluding hydrogens is 495 g/mol. The van der Waals surface area contributed by atoms with Crippen molar-refractivity contribution >= 4 is 70.4 Å². The molecule has 0 aromatic heterocycles. The Morgan fingerprint density at radius 3 is 2.48 bits per heavy atom. The quantitative estimate of drug-likeness (QED) is 0.0976. The van der Waals surface area contributed by atoms with Gasteiger partial charge in [0.2, 0.25) is 5.96 Å². The van der Waals surface area contributed by atoms with Gasteiger partial charge in [-0.05, 0) is 52.6 Å². The van der Waals surface area contributed by atoms with Crippen LogP contribution in [-0.2, 0) is 11.4 Å². The third-order valence-corrected chi connectivity index (χ3v) is 7.26. The molecule has 2 aromatic rings. The zero-order valence-electron chi connectivity index (χ0n) is 16.2. The summed E-state index contributed by atoms with van der Waals surface area (Å²) in [5.41, 5.74) is 6.23. The Morgan fingerprint density at radius 1 is 1.19 bits per heavy atom. The number of hydrazone groups is 1. The van der Waals surface area contributed by atoms with Crippen LogP contribution >= 0.6 is 58.5 Å². The number of thioether (sulfide) groups is 3. The number of nitrogens with zero attached hydrogens (tertiary/aromatic N) is 1. The highest BCUT2D eigenvalue weighted by Gasteiger charge is 2.20. The highest BCUT2D eigenvalue weighted by atomic mass is 35.5. The van der Waals surface area contributed by atoms with Crippen molar-refractivity contribution in [1.82, 2.24) is 5.32 Å². The molecular formula is C20H20Cl2N4O2S3. The monoisotopic (exact) mass is 514 g/mol. The Labute approximate surface area is 203 Å². The number of carbonyl (C=O) groups is 1. The summed E-state index contributed by atoms with van der Waals surface area (Å²) in [7, 11) is 0. The lowest BCUT2D eigenvalue weighted by Crippen LogP contribution is -2.41. The molecule has 2 aromatic carbocycles. The van der Waals surface area contributed by atoms with E-state index in [0.717, 1.165) is 10.5 Å². The maximum absolute atomic E-state index is 12.5. The molecule has 0 bridgehead atoms. The summed E-state index contributed by atoms with van der Waals surface area (Å²) in [6, 6.07) is 12.6. The van der Waals surface area contributed by atoms with Crippen molar-refractivity contribution in [3.05, 3.63) is 80.9 Å². The van der Waals surface area contributed by atoms with E-state index in [2.05, 4.69) is 17.0 Å². The third-order valence-electron chi connectivity index (χ3n) is 3.55. The van der Waals surface area contributed by atoms with E-state index in [9.17, 15) is 4.79 Å². The van der Waals surface area contributed by atoms with Gasteiger partial charge in [-0.3, -0.25) is 10.1 Å². The molecule has 0 radical (unpaired) electrons. The Balaban J connectivity index is 2.03. The van der Waals surface area contributed by atoms with Crippen molar-refractivity contribution < 1.29 is 9.53 Å². The number of carbonyl (C=O) groups excluding carboxylic acids is 1. The molecule has 0 heterocycles. The van der Waals surface area contributed by atoms with E-state index in [1.807, 2.05) is 35.1 Å². The second-order valence-corrected chi connectivity index (χ2v) is 9.81. The van der Waals surface area contributed by atoms with Gasteiger partial charge in [0, 0.05) is 20.5 Å². The Hall–Kier alpha value is -1.91. The smallest absolute Gasteiger partial charge is 0.250 e. The first kappa shape index (κ1) is 25.4. The zero-order valence-corrected chi connectivity index (χ0v) is 20.1. The molecule has 0 saturated carbocycles. The highest BCUT2D eigenvalue weighted by Crippen LogP contribution is 2.33. The van der Waals surface area contributed by atoms with E-state index < -0.39 is 4.58 Å². The van der Waals surface area contributed by atoms with Gasteiger partial charge in [-0.15, -0.1) is 40.4 Å². The molecule has 31 heavy (non-hydrogen) atoms. The summed E-state index contributed by atoms with van der Waals surface area (Å²) in [4.78, 5) is 13.4. The zero-order chi connectivity index (χ0) is 22.6.